The lowest BCUT2D eigenvalue weighted by Crippen LogP contribution is -2.40. The molecule has 6 nitrogen and oxygen atoms in total. The average Bonchev–Trinajstić information content (AvgIpc) is 3.16. The summed E-state index contributed by atoms with van der Waals surface area (Å²) in [4.78, 5) is 25.4. The maximum absolute atomic E-state index is 12.6. The summed E-state index contributed by atoms with van der Waals surface area (Å²) in [7, 11) is 2.08. The van der Waals surface area contributed by atoms with E-state index in [2.05, 4.69) is 21.9 Å². The van der Waals surface area contributed by atoms with Crippen LogP contribution in [0.5, 0.6) is 0 Å². The maximum atomic E-state index is 12.6. The van der Waals surface area contributed by atoms with E-state index in [1.165, 1.54) is 0 Å². The van der Waals surface area contributed by atoms with Gasteiger partial charge in [-0.15, -0.1) is 0 Å². The van der Waals surface area contributed by atoms with Gasteiger partial charge < -0.3 is 9.64 Å². The molecule has 3 rings (SSSR count). The van der Waals surface area contributed by atoms with Crippen molar-refractivity contribution in [2.24, 2.45) is 5.92 Å². The number of carbonyl (C=O) groups excluding carboxylic acids is 1. The van der Waals surface area contributed by atoms with Crippen LogP contribution in [0.15, 0.2) is 18.5 Å². The molecule has 1 aromatic heterocycles. The number of nitrogens with zero attached hydrogens (tertiary/aromatic N) is 4. The van der Waals surface area contributed by atoms with Crippen LogP contribution in [0.4, 0.5) is 0 Å². The number of carbonyl (C=O) groups is 1. The molecule has 3 atom stereocenters. The summed E-state index contributed by atoms with van der Waals surface area (Å²) in [5.74, 6) is 1.13. The first-order valence-electron chi connectivity index (χ1n) is 8.01. The number of aromatic nitrogens is 2. The predicted octanol–water partition coefficient (Wildman–Crippen LogP) is 0.934. The molecule has 0 aliphatic carbocycles. The summed E-state index contributed by atoms with van der Waals surface area (Å²) in [6.07, 6.45) is 5.46. The lowest BCUT2D eigenvalue weighted by molar-refractivity contribution is -0.136. The van der Waals surface area contributed by atoms with E-state index < -0.39 is 0 Å². The van der Waals surface area contributed by atoms with Gasteiger partial charge in [-0.05, 0) is 32.9 Å². The maximum Gasteiger partial charge on any atom is 0.228 e. The summed E-state index contributed by atoms with van der Waals surface area (Å²) in [6.45, 7) is 5.07. The second-order valence-corrected chi connectivity index (χ2v) is 6.28. The van der Waals surface area contributed by atoms with Gasteiger partial charge in [0.1, 0.15) is 5.82 Å². The Hall–Kier alpha value is -1.53. The van der Waals surface area contributed by atoms with Crippen LogP contribution in [0.2, 0.25) is 0 Å². The van der Waals surface area contributed by atoms with Crippen LogP contribution in [0.3, 0.4) is 0 Å². The van der Waals surface area contributed by atoms with Crippen molar-refractivity contribution in [1.29, 1.82) is 0 Å². The van der Waals surface area contributed by atoms with Crippen molar-refractivity contribution in [1.82, 2.24) is 19.8 Å². The van der Waals surface area contributed by atoms with Crippen molar-refractivity contribution in [2.75, 3.05) is 26.7 Å². The molecular formula is C16H24N4O2. The van der Waals surface area contributed by atoms with Crippen molar-refractivity contribution in [3.8, 4) is 0 Å². The van der Waals surface area contributed by atoms with E-state index >= 15 is 0 Å². The van der Waals surface area contributed by atoms with Crippen molar-refractivity contribution in [3.05, 3.63) is 24.3 Å². The number of likely N-dealkylation sites (N-methyl/N-ethyl adjacent to an activating group) is 1. The monoisotopic (exact) mass is 304 g/mol. The highest BCUT2D eigenvalue weighted by atomic mass is 16.5. The number of hydrogen-bond acceptors (Lipinski definition) is 5. The summed E-state index contributed by atoms with van der Waals surface area (Å²) < 4.78 is 5.52. The van der Waals surface area contributed by atoms with Gasteiger partial charge in [0.25, 0.3) is 0 Å². The first kappa shape index (κ1) is 15.4. The number of rotatable bonds is 4. The fourth-order valence-electron chi connectivity index (χ4n) is 3.36. The predicted molar refractivity (Wildman–Crippen MR) is 82.0 cm³/mol. The van der Waals surface area contributed by atoms with Gasteiger partial charge in [-0.2, -0.15) is 0 Å². The van der Waals surface area contributed by atoms with Crippen LogP contribution in [-0.4, -0.2) is 64.6 Å². The Morgan fingerprint density at radius 2 is 2.18 bits per heavy atom. The molecule has 2 saturated heterocycles. The number of amides is 1. The molecule has 0 spiro atoms. The molecule has 120 valence electrons. The van der Waals surface area contributed by atoms with Crippen LogP contribution in [-0.2, 0) is 16.1 Å². The SMILES string of the molecule is CC1OCCC1C(=O)N1CCC(N(C)Cc2ncccn2)C1. The molecule has 3 unspecified atom stereocenters. The number of hydrogen-bond donors (Lipinski definition) is 0. The molecule has 22 heavy (non-hydrogen) atoms. The van der Waals surface area contributed by atoms with Gasteiger partial charge in [-0.3, -0.25) is 9.69 Å². The van der Waals surface area contributed by atoms with E-state index in [0.29, 0.717) is 12.6 Å². The fourth-order valence-corrected chi connectivity index (χ4v) is 3.36. The number of likely N-dealkylation sites (tertiary alicyclic amines) is 1. The van der Waals surface area contributed by atoms with Gasteiger partial charge in [-0.1, -0.05) is 0 Å². The van der Waals surface area contributed by atoms with E-state index in [0.717, 1.165) is 38.3 Å². The molecule has 2 aliphatic rings. The Balaban J connectivity index is 1.54. The third-order valence-electron chi connectivity index (χ3n) is 4.80. The smallest absolute Gasteiger partial charge is 0.228 e. The average molecular weight is 304 g/mol. The largest absolute Gasteiger partial charge is 0.378 e. The van der Waals surface area contributed by atoms with Gasteiger partial charge in [0.05, 0.1) is 18.6 Å². The Bertz CT molecular complexity index is 510. The minimum absolute atomic E-state index is 0.0431. The summed E-state index contributed by atoms with van der Waals surface area (Å²) in [5, 5.41) is 0. The Morgan fingerprint density at radius 1 is 1.41 bits per heavy atom. The molecular weight excluding hydrogens is 280 g/mol. The molecule has 1 amide bonds. The molecule has 0 bridgehead atoms. The van der Waals surface area contributed by atoms with E-state index in [-0.39, 0.29) is 17.9 Å². The van der Waals surface area contributed by atoms with E-state index in [9.17, 15) is 4.79 Å². The standard InChI is InChI=1S/C16H24N4O2/c1-12-14(5-9-22-12)16(21)20-8-4-13(10-20)19(2)11-15-17-6-3-7-18-15/h3,6-7,12-14H,4-5,8-11H2,1-2H3. The highest BCUT2D eigenvalue weighted by Crippen LogP contribution is 2.25. The minimum atomic E-state index is 0.0431. The van der Waals surface area contributed by atoms with E-state index in [1.54, 1.807) is 12.4 Å². The third-order valence-corrected chi connectivity index (χ3v) is 4.80. The zero-order chi connectivity index (χ0) is 15.5. The summed E-state index contributed by atoms with van der Waals surface area (Å²) in [5.41, 5.74) is 0. The van der Waals surface area contributed by atoms with Crippen molar-refractivity contribution < 1.29 is 9.53 Å². The highest BCUT2D eigenvalue weighted by molar-refractivity contribution is 5.80. The van der Waals surface area contributed by atoms with Crippen LogP contribution in [0, 0.1) is 5.92 Å². The molecule has 6 heteroatoms. The van der Waals surface area contributed by atoms with Gasteiger partial charge >= 0.3 is 0 Å². The molecule has 0 N–H and O–H groups in total. The van der Waals surface area contributed by atoms with Crippen LogP contribution >= 0.6 is 0 Å². The quantitative estimate of drug-likeness (QED) is 0.828. The van der Waals surface area contributed by atoms with E-state index in [4.69, 9.17) is 4.74 Å². The minimum Gasteiger partial charge on any atom is -0.378 e. The molecule has 0 saturated carbocycles. The first-order chi connectivity index (χ1) is 10.6. The summed E-state index contributed by atoms with van der Waals surface area (Å²) in [6, 6.07) is 2.20. The van der Waals surface area contributed by atoms with Crippen LogP contribution in [0.25, 0.3) is 0 Å². The van der Waals surface area contributed by atoms with Gasteiger partial charge in [0.15, 0.2) is 0 Å². The normalized spacial score (nSPS) is 28.5. The molecule has 2 aliphatic heterocycles. The van der Waals surface area contributed by atoms with Gasteiger partial charge in [0.2, 0.25) is 5.91 Å². The third kappa shape index (κ3) is 3.28. The zero-order valence-corrected chi connectivity index (χ0v) is 13.3. The topological polar surface area (TPSA) is 58.6 Å². The van der Waals surface area contributed by atoms with E-state index in [1.807, 2.05) is 17.9 Å². The van der Waals surface area contributed by atoms with Crippen LogP contribution < -0.4 is 0 Å². The molecule has 0 aromatic carbocycles. The highest BCUT2D eigenvalue weighted by Gasteiger charge is 2.37. The lowest BCUT2D eigenvalue weighted by atomic mass is 10.0. The van der Waals surface area contributed by atoms with Crippen molar-refractivity contribution in [2.45, 2.75) is 38.5 Å². The molecule has 1 aromatic rings. The first-order valence-corrected chi connectivity index (χ1v) is 8.01. The molecule has 3 heterocycles. The number of ether oxygens (including phenoxy) is 1. The zero-order valence-electron chi connectivity index (χ0n) is 13.3. The van der Waals surface area contributed by atoms with Crippen LogP contribution in [0.1, 0.15) is 25.6 Å². The molecule has 2 fully saturated rings. The summed E-state index contributed by atoms with van der Waals surface area (Å²) >= 11 is 0. The molecule has 0 radical (unpaired) electrons. The van der Waals surface area contributed by atoms with Crippen molar-refractivity contribution >= 4 is 5.91 Å². The Labute approximate surface area is 131 Å². The second kappa shape index (κ2) is 6.71. The van der Waals surface area contributed by atoms with Crippen molar-refractivity contribution in [3.63, 3.8) is 0 Å². The fraction of sp³-hybridized carbons (Fsp3) is 0.688. The van der Waals surface area contributed by atoms with Gasteiger partial charge in [-0.25, -0.2) is 9.97 Å². The Kier molecular flexibility index (Phi) is 4.69. The Morgan fingerprint density at radius 3 is 2.86 bits per heavy atom. The van der Waals surface area contributed by atoms with Gasteiger partial charge in [0, 0.05) is 38.1 Å². The second-order valence-electron chi connectivity index (χ2n) is 6.28. The lowest BCUT2D eigenvalue weighted by Gasteiger charge is -2.25.